The number of ether oxygens (including phenoxy) is 1. The lowest BCUT2D eigenvalue weighted by molar-refractivity contribution is 0.0942. The fourth-order valence-electron chi connectivity index (χ4n) is 2.68. The summed E-state index contributed by atoms with van der Waals surface area (Å²) in [6, 6.07) is 0. The van der Waals surface area contributed by atoms with Crippen molar-refractivity contribution in [3.05, 3.63) is 6.33 Å². The van der Waals surface area contributed by atoms with Gasteiger partial charge in [-0.1, -0.05) is 19.3 Å². The molecule has 6 nitrogen and oxygen atoms in total. The first-order chi connectivity index (χ1) is 9.21. The lowest BCUT2D eigenvalue weighted by atomic mass is 9.74. The van der Waals surface area contributed by atoms with Gasteiger partial charge in [0, 0.05) is 12.0 Å². The highest BCUT2D eigenvalue weighted by atomic mass is 16.5. The quantitative estimate of drug-likeness (QED) is 0.746. The maximum atomic E-state index is 9.67. The smallest absolute Gasteiger partial charge is 0.203 e. The lowest BCUT2D eigenvalue weighted by Gasteiger charge is -2.35. The van der Waals surface area contributed by atoms with Gasteiger partial charge >= 0.3 is 0 Å². The minimum Gasteiger partial charge on any atom is -0.490 e. The van der Waals surface area contributed by atoms with Gasteiger partial charge in [-0.05, 0) is 12.8 Å². The molecular weight excluding hydrogens is 244 g/mol. The number of anilines is 2. The molecule has 1 aromatic rings. The Bertz CT molecular complexity index is 419. The van der Waals surface area contributed by atoms with Crippen molar-refractivity contribution in [1.82, 2.24) is 9.97 Å². The van der Waals surface area contributed by atoms with Crippen molar-refractivity contribution in [3.63, 3.8) is 0 Å². The number of nitrogen functional groups attached to an aromatic ring is 1. The Morgan fingerprint density at radius 3 is 2.74 bits per heavy atom. The van der Waals surface area contributed by atoms with Crippen LogP contribution < -0.4 is 15.8 Å². The molecule has 1 fully saturated rings. The van der Waals surface area contributed by atoms with Crippen molar-refractivity contribution in [2.45, 2.75) is 32.1 Å². The molecule has 0 saturated heterocycles. The van der Waals surface area contributed by atoms with Gasteiger partial charge in [0.1, 0.15) is 6.33 Å². The van der Waals surface area contributed by atoms with E-state index in [1.54, 1.807) is 7.11 Å². The molecule has 6 heteroatoms. The van der Waals surface area contributed by atoms with Gasteiger partial charge in [-0.15, -0.1) is 0 Å². The lowest BCUT2D eigenvalue weighted by Crippen LogP contribution is -2.35. The predicted octanol–water partition coefficient (Wildman–Crippen LogP) is 1.42. The molecule has 0 unspecified atom stereocenters. The van der Waals surface area contributed by atoms with Crippen LogP contribution in [0.5, 0.6) is 5.75 Å². The second kappa shape index (κ2) is 6.06. The number of nitrogens with one attached hydrogen (secondary N) is 1. The number of nitrogens with two attached hydrogens (primary N) is 1. The maximum absolute atomic E-state index is 9.67. The summed E-state index contributed by atoms with van der Waals surface area (Å²) in [6.07, 6.45) is 7.09. The highest BCUT2D eigenvalue weighted by molar-refractivity contribution is 5.61. The number of hydrogen-bond acceptors (Lipinski definition) is 6. The Morgan fingerprint density at radius 1 is 1.37 bits per heavy atom. The van der Waals surface area contributed by atoms with Crippen LogP contribution in [0.3, 0.4) is 0 Å². The molecule has 1 heterocycles. The van der Waals surface area contributed by atoms with E-state index in [1.807, 2.05) is 0 Å². The van der Waals surface area contributed by atoms with Crippen molar-refractivity contribution in [2.24, 2.45) is 5.41 Å². The van der Waals surface area contributed by atoms with E-state index in [-0.39, 0.29) is 12.0 Å². The molecule has 0 aromatic carbocycles. The first kappa shape index (κ1) is 13.9. The van der Waals surface area contributed by atoms with E-state index in [2.05, 4.69) is 15.3 Å². The van der Waals surface area contributed by atoms with Gasteiger partial charge < -0.3 is 20.9 Å². The summed E-state index contributed by atoms with van der Waals surface area (Å²) in [7, 11) is 1.54. The monoisotopic (exact) mass is 266 g/mol. The third kappa shape index (κ3) is 3.07. The van der Waals surface area contributed by atoms with E-state index < -0.39 is 0 Å². The third-order valence-corrected chi connectivity index (χ3v) is 3.92. The van der Waals surface area contributed by atoms with Crippen molar-refractivity contribution < 1.29 is 9.84 Å². The molecule has 1 saturated carbocycles. The average Bonchev–Trinajstić information content (AvgIpc) is 2.46. The largest absolute Gasteiger partial charge is 0.490 e. The fraction of sp³-hybridized carbons (Fsp3) is 0.692. The number of hydrogen-bond donors (Lipinski definition) is 3. The molecule has 0 bridgehead atoms. The molecule has 1 aliphatic rings. The van der Waals surface area contributed by atoms with Crippen LogP contribution >= 0.6 is 0 Å². The van der Waals surface area contributed by atoms with Crippen LogP contribution in [-0.4, -0.2) is 35.3 Å². The van der Waals surface area contributed by atoms with Crippen LogP contribution in [0.15, 0.2) is 6.33 Å². The Kier molecular flexibility index (Phi) is 4.42. The van der Waals surface area contributed by atoms with Gasteiger partial charge in [-0.3, -0.25) is 0 Å². The van der Waals surface area contributed by atoms with Gasteiger partial charge in [0.25, 0.3) is 0 Å². The van der Waals surface area contributed by atoms with E-state index in [9.17, 15) is 5.11 Å². The summed E-state index contributed by atoms with van der Waals surface area (Å²) in [5.41, 5.74) is 5.69. The van der Waals surface area contributed by atoms with Gasteiger partial charge in [0.15, 0.2) is 11.6 Å². The van der Waals surface area contributed by atoms with Crippen molar-refractivity contribution >= 4 is 11.6 Å². The van der Waals surface area contributed by atoms with Crippen molar-refractivity contribution in [1.29, 1.82) is 0 Å². The topological polar surface area (TPSA) is 93.3 Å². The normalized spacial score (nSPS) is 18.0. The molecule has 0 radical (unpaired) electrons. The second-order valence-corrected chi connectivity index (χ2v) is 5.21. The SMILES string of the molecule is COc1c(N)ncnc1NCC1(CO)CCCCC1. The molecule has 0 atom stereocenters. The van der Waals surface area contributed by atoms with E-state index in [1.165, 1.54) is 25.6 Å². The van der Waals surface area contributed by atoms with Gasteiger partial charge in [-0.25, -0.2) is 9.97 Å². The minimum atomic E-state index is -0.0526. The van der Waals surface area contributed by atoms with Gasteiger partial charge in [0.2, 0.25) is 5.75 Å². The van der Waals surface area contributed by atoms with E-state index in [0.717, 1.165) is 12.8 Å². The van der Waals surface area contributed by atoms with Gasteiger partial charge in [-0.2, -0.15) is 0 Å². The maximum Gasteiger partial charge on any atom is 0.203 e. The van der Waals surface area contributed by atoms with Crippen LogP contribution in [0, 0.1) is 5.41 Å². The molecule has 0 aliphatic heterocycles. The summed E-state index contributed by atoms with van der Waals surface area (Å²) in [5, 5.41) is 12.9. The average molecular weight is 266 g/mol. The molecule has 4 N–H and O–H groups in total. The predicted molar refractivity (Wildman–Crippen MR) is 74.1 cm³/mol. The third-order valence-electron chi connectivity index (χ3n) is 3.92. The summed E-state index contributed by atoms with van der Waals surface area (Å²) < 4.78 is 5.21. The van der Waals surface area contributed by atoms with Crippen LogP contribution in [-0.2, 0) is 0 Å². The molecule has 0 amide bonds. The highest BCUT2D eigenvalue weighted by Gasteiger charge is 2.31. The Morgan fingerprint density at radius 2 is 2.11 bits per heavy atom. The first-order valence-corrected chi connectivity index (χ1v) is 6.70. The van der Waals surface area contributed by atoms with E-state index >= 15 is 0 Å². The molecule has 19 heavy (non-hydrogen) atoms. The summed E-state index contributed by atoms with van der Waals surface area (Å²) >= 11 is 0. The number of aliphatic hydroxyl groups is 1. The van der Waals surface area contributed by atoms with Crippen LogP contribution in [0.1, 0.15) is 32.1 Å². The zero-order chi connectivity index (χ0) is 13.7. The highest BCUT2D eigenvalue weighted by Crippen LogP contribution is 2.37. The Labute approximate surface area is 113 Å². The standard InChI is InChI=1S/C13H22N4O2/c1-19-10-11(14)16-9-17-12(10)15-7-13(8-18)5-3-2-4-6-13/h9,18H,2-8H2,1H3,(H3,14,15,16,17). The first-order valence-electron chi connectivity index (χ1n) is 6.70. The number of aromatic nitrogens is 2. The van der Waals surface area contributed by atoms with Crippen molar-refractivity contribution in [2.75, 3.05) is 31.3 Å². The minimum absolute atomic E-state index is 0.0526. The zero-order valence-electron chi connectivity index (χ0n) is 11.4. The van der Waals surface area contributed by atoms with Crippen LogP contribution in [0.25, 0.3) is 0 Å². The summed E-state index contributed by atoms with van der Waals surface area (Å²) in [4.78, 5) is 8.05. The number of rotatable bonds is 5. The summed E-state index contributed by atoms with van der Waals surface area (Å²) in [6.45, 7) is 0.874. The van der Waals surface area contributed by atoms with Crippen LogP contribution in [0.4, 0.5) is 11.6 Å². The molecular formula is C13H22N4O2. The van der Waals surface area contributed by atoms with Crippen molar-refractivity contribution in [3.8, 4) is 5.75 Å². The molecule has 0 spiro atoms. The molecule has 1 aromatic heterocycles. The fourth-order valence-corrected chi connectivity index (χ4v) is 2.68. The Balaban J connectivity index is 2.07. The Hall–Kier alpha value is -1.56. The molecule has 1 aliphatic carbocycles. The number of aliphatic hydroxyl groups excluding tert-OH is 1. The second-order valence-electron chi connectivity index (χ2n) is 5.21. The molecule has 2 rings (SSSR count). The number of methoxy groups -OCH3 is 1. The zero-order valence-corrected chi connectivity index (χ0v) is 11.4. The van der Waals surface area contributed by atoms with E-state index in [4.69, 9.17) is 10.5 Å². The summed E-state index contributed by atoms with van der Waals surface area (Å²) in [5.74, 6) is 1.38. The molecule has 106 valence electrons. The van der Waals surface area contributed by atoms with E-state index in [0.29, 0.717) is 23.9 Å². The number of nitrogens with zero attached hydrogens (tertiary/aromatic N) is 2. The van der Waals surface area contributed by atoms with Gasteiger partial charge in [0.05, 0.1) is 13.7 Å². The van der Waals surface area contributed by atoms with Crippen LogP contribution in [0.2, 0.25) is 0 Å².